The van der Waals surface area contributed by atoms with Crippen molar-refractivity contribution in [3.8, 4) is 0 Å². The molecule has 1 heterocycles. The maximum atomic E-state index is 12.7. The molecule has 0 aromatic heterocycles. The average molecular weight is 319 g/mol. The summed E-state index contributed by atoms with van der Waals surface area (Å²) in [7, 11) is -3.58. The number of hydrogen-bond donors (Lipinski definition) is 0. The second kappa shape index (κ2) is 5.18. The van der Waals surface area contributed by atoms with Gasteiger partial charge in [0.1, 0.15) is 0 Å². The smallest absolute Gasteiger partial charge is 0.297 e. The van der Waals surface area contributed by atoms with Crippen LogP contribution in [0.25, 0.3) is 0 Å². The number of hydrogen-bond acceptors (Lipinski definition) is 3. The van der Waals surface area contributed by atoms with Crippen molar-refractivity contribution in [2.24, 2.45) is 0 Å². The van der Waals surface area contributed by atoms with Crippen molar-refractivity contribution in [3.05, 3.63) is 41.3 Å². The largest absolute Gasteiger partial charge is 0.471 e. The summed E-state index contributed by atoms with van der Waals surface area (Å²) in [5, 5.41) is 0.836. The van der Waals surface area contributed by atoms with E-state index in [1.165, 1.54) is 12.1 Å². The number of carbonyl (C=O) groups excluding carboxylic acids is 1. The summed E-state index contributed by atoms with van der Waals surface area (Å²) >= 11 is 0. The fourth-order valence-corrected chi connectivity index (χ4v) is 3.29. The number of aryl methyl sites for hydroxylation is 1. The Morgan fingerprint density at radius 2 is 1.81 bits per heavy atom. The SMILES string of the molecule is Cc1ccc(N(C(=O)C(F)(F)F)[C@H]2C=CS(=O)(=O)C2)cc1. The highest BCUT2D eigenvalue weighted by Gasteiger charge is 2.46. The molecule has 21 heavy (non-hydrogen) atoms. The number of benzene rings is 1. The summed E-state index contributed by atoms with van der Waals surface area (Å²) in [5.41, 5.74) is 0.822. The van der Waals surface area contributed by atoms with E-state index in [2.05, 4.69) is 0 Å². The monoisotopic (exact) mass is 319 g/mol. The number of nitrogens with zero attached hydrogens (tertiary/aromatic N) is 1. The van der Waals surface area contributed by atoms with Gasteiger partial charge in [0, 0.05) is 11.1 Å². The molecule has 4 nitrogen and oxygen atoms in total. The zero-order valence-corrected chi connectivity index (χ0v) is 11.8. The van der Waals surface area contributed by atoms with Gasteiger partial charge in [0.25, 0.3) is 0 Å². The molecule has 0 spiro atoms. The van der Waals surface area contributed by atoms with E-state index in [0.717, 1.165) is 17.0 Å². The predicted octanol–water partition coefficient (Wildman–Crippen LogP) is 2.20. The lowest BCUT2D eigenvalue weighted by atomic mass is 10.1. The molecular formula is C13H12F3NO3S. The van der Waals surface area contributed by atoms with E-state index >= 15 is 0 Å². The van der Waals surface area contributed by atoms with Gasteiger partial charge < -0.3 is 0 Å². The first-order valence-corrected chi connectivity index (χ1v) is 7.70. The zero-order valence-electron chi connectivity index (χ0n) is 11.0. The van der Waals surface area contributed by atoms with Gasteiger partial charge in [-0.25, -0.2) is 8.42 Å². The van der Waals surface area contributed by atoms with Gasteiger partial charge in [-0.3, -0.25) is 9.69 Å². The fraction of sp³-hybridized carbons (Fsp3) is 0.308. The third-order valence-electron chi connectivity index (χ3n) is 3.02. The number of rotatable bonds is 2. The molecule has 0 bridgehead atoms. The Hall–Kier alpha value is -1.83. The summed E-state index contributed by atoms with van der Waals surface area (Å²) in [6.45, 7) is 1.75. The number of anilines is 1. The Morgan fingerprint density at radius 1 is 1.24 bits per heavy atom. The van der Waals surface area contributed by atoms with Crippen molar-refractivity contribution in [2.45, 2.75) is 19.1 Å². The van der Waals surface area contributed by atoms with Crippen LogP contribution in [0.1, 0.15) is 5.56 Å². The topological polar surface area (TPSA) is 54.5 Å². The molecule has 0 saturated heterocycles. The number of amides is 1. The minimum absolute atomic E-state index is 0.00896. The maximum Gasteiger partial charge on any atom is 0.471 e. The van der Waals surface area contributed by atoms with Gasteiger partial charge >= 0.3 is 12.1 Å². The van der Waals surface area contributed by atoms with E-state index in [9.17, 15) is 26.4 Å². The lowest BCUT2D eigenvalue weighted by Crippen LogP contribution is -2.47. The van der Waals surface area contributed by atoms with Crippen LogP contribution < -0.4 is 4.90 Å². The number of sulfone groups is 1. The molecule has 1 atom stereocenters. The van der Waals surface area contributed by atoms with E-state index in [4.69, 9.17) is 0 Å². The molecule has 0 radical (unpaired) electrons. The van der Waals surface area contributed by atoms with Crippen LogP contribution in [0.4, 0.5) is 18.9 Å². The van der Waals surface area contributed by atoms with Crippen LogP contribution in [0, 0.1) is 6.92 Å². The highest BCUT2D eigenvalue weighted by Crippen LogP contribution is 2.28. The van der Waals surface area contributed by atoms with E-state index in [-0.39, 0.29) is 5.69 Å². The predicted molar refractivity (Wildman–Crippen MR) is 71.4 cm³/mol. The van der Waals surface area contributed by atoms with Crippen molar-refractivity contribution >= 4 is 21.4 Å². The first kappa shape index (κ1) is 15.6. The molecular weight excluding hydrogens is 307 g/mol. The molecule has 114 valence electrons. The number of halogens is 3. The molecule has 1 amide bonds. The quantitative estimate of drug-likeness (QED) is 0.840. The highest BCUT2D eigenvalue weighted by atomic mass is 32.2. The highest BCUT2D eigenvalue weighted by molar-refractivity contribution is 7.94. The summed E-state index contributed by atoms with van der Waals surface area (Å²) < 4.78 is 61.0. The van der Waals surface area contributed by atoms with E-state index in [0.29, 0.717) is 4.90 Å². The van der Waals surface area contributed by atoms with E-state index < -0.39 is 33.7 Å². The van der Waals surface area contributed by atoms with Crippen LogP contribution in [0.2, 0.25) is 0 Å². The molecule has 1 aromatic rings. The number of carbonyl (C=O) groups is 1. The van der Waals surface area contributed by atoms with Crippen LogP contribution in [-0.2, 0) is 14.6 Å². The summed E-state index contributed by atoms with van der Waals surface area (Å²) in [5.74, 6) is -2.64. The first-order valence-electron chi connectivity index (χ1n) is 5.98. The second-order valence-corrected chi connectivity index (χ2v) is 6.67. The van der Waals surface area contributed by atoms with Gasteiger partial charge in [-0.05, 0) is 25.1 Å². The summed E-state index contributed by atoms with van der Waals surface area (Å²) in [6.07, 6.45) is -3.98. The van der Waals surface area contributed by atoms with Crippen LogP contribution in [0.5, 0.6) is 0 Å². The van der Waals surface area contributed by atoms with Crippen LogP contribution in [0.15, 0.2) is 35.7 Å². The van der Waals surface area contributed by atoms with Gasteiger partial charge in [0.2, 0.25) is 0 Å². The molecule has 0 fully saturated rings. The van der Waals surface area contributed by atoms with Crippen molar-refractivity contribution in [3.63, 3.8) is 0 Å². The minimum atomic E-state index is -5.08. The minimum Gasteiger partial charge on any atom is -0.297 e. The van der Waals surface area contributed by atoms with E-state index in [1.54, 1.807) is 19.1 Å². The average Bonchev–Trinajstić information content (AvgIpc) is 2.71. The standard InChI is InChI=1S/C13H12F3NO3S/c1-9-2-4-10(5-3-9)17(12(18)13(14,15)16)11-6-7-21(19,20)8-11/h2-7,11H,8H2,1H3/t11-/m0/s1. The van der Waals surface area contributed by atoms with Crippen molar-refractivity contribution in [1.82, 2.24) is 0 Å². The molecule has 2 rings (SSSR count). The Balaban J connectivity index is 2.43. The molecule has 1 aliphatic heterocycles. The van der Waals surface area contributed by atoms with Gasteiger partial charge in [-0.2, -0.15) is 13.2 Å². The molecule has 8 heteroatoms. The Morgan fingerprint density at radius 3 is 2.24 bits per heavy atom. The Bertz CT molecular complexity index is 678. The Kier molecular flexibility index (Phi) is 3.83. The second-order valence-electron chi connectivity index (χ2n) is 4.73. The van der Waals surface area contributed by atoms with Crippen molar-refractivity contribution in [2.75, 3.05) is 10.7 Å². The third-order valence-corrected chi connectivity index (χ3v) is 4.39. The Labute approximate surface area is 119 Å². The molecule has 0 N–H and O–H groups in total. The summed E-state index contributed by atoms with van der Waals surface area (Å²) in [6, 6.07) is 4.67. The molecule has 0 saturated carbocycles. The molecule has 0 unspecified atom stereocenters. The van der Waals surface area contributed by atoms with Crippen molar-refractivity contribution in [1.29, 1.82) is 0 Å². The lowest BCUT2D eigenvalue weighted by Gasteiger charge is -2.28. The lowest BCUT2D eigenvalue weighted by molar-refractivity contribution is -0.170. The van der Waals surface area contributed by atoms with Gasteiger partial charge in [-0.1, -0.05) is 17.7 Å². The first-order chi connectivity index (χ1) is 9.60. The third kappa shape index (κ3) is 3.44. The normalized spacial score (nSPS) is 20.5. The van der Waals surface area contributed by atoms with Gasteiger partial charge in [0.05, 0.1) is 11.8 Å². The van der Waals surface area contributed by atoms with Crippen LogP contribution in [-0.4, -0.2) is 32.3 Å². The maximum absolute atomic E-state index is 12.7. The van der Waals surface area contributed by atoms with Crippen LogP contribution >= 0.6 is 0 Å². The number of alkyl halides is 3. The van der Waals surface area contributed by atoms with Gasteiger partial charge in [0.15, 0.2) is 9.84 Å². The molecule has 1 aromatic carbocycles. The molecule has 1 aliphatic rings. The van der Waals surface area contributed by atoms with Gasteiger partial charge in [-0.15, -0.1) is 0 Å². The van der Waals surface area contributed by atoms with Crippen molar-refractivity contribution < 1.29 is 26.4 Å². The molecule has 0 aliphatic carbocycles. The fourth-order valence-electron chi connectivity index (χ4n) is 2.02. The summed E-state index contributed by atoms with van der Waals surface area (Å²) in [4.78, 5) is 12.1. The zero-order chi connectivity index (χ0) is 15.8. The van der Waals surface area contributed by atoms with E-state index in [1.807, 2.05) is 0 Å². The van der Waals surface area contributed by atoms with Crippen LogP contribution in [0.3, 0.4) is 0 Å².